The first-order chi connectivity index (χ1) is 9.24. The number of hydrogen-bond donors (Lipinski definition) is 3. The maximum absolute atomic E-state index is 11.9. The van der Waals surface area contributed by atoms with E-state index in [1.54, 1.807) is 0 Å². The van der Waals surface area contributed by atoms with Crippen molar-refractivity contribution in [3.05, 3.63) is 0 Å². The molecule has 0 radical (unpaired) electrons. The highest BCUT2D eigenvalue weighted by Gasteiger charge is 2.33. The molecule has 0 aromatic rings. The Morgan fingerprint density at radius 2 is 2.10 bits per heavy atom. The molecular formula is C15H29ClN2O2. The van der Waals surface area contributed by atoms with Crippen molar-refractivity contribution in [1.29, 1.82) is 0 Å². The topological polar surface area (TPSA) is 61.4 Å². The number of nitrogens with one attached hydrogen (secondary N) is 2. The van der Waals surface area contributed by atoms with E-state index in [9.17, 15) is 9.90 Å². The highest BCUT2D eigenvalue weighted by atomic mass is 35.5. The van der Waals surface area contributed by atoms with Gasteiger partial charge in [0.05, 0.1) is 0 Å². The minimum atomic E-state index is 0. The van der Waals surface area contributed by atoms with Gasteiger partial charge >= 0.3 is 0 Å². The van der Waals surface area contributed by atoms with E-state index >= 15 is 0 Å². The summed E-state index contributed by atoms with van der Waals surface area (Å²) in [6, 6.07) is 0. The third-order valence-electron chi connectivity index (χ3n) is 4.91. The van der Waals surface area contributed by atoms with Crippen molar-refractivity contribution >= 4 is 18.3 Å². The Morgan fingerprint density at radius 1 is 1.35 bits per heavy atom. The van der Waals surface area contributed by atoms with E-state index in [0.717, 1.165) is 45.3 Å². The summed E-state index contributed by atoms with van der Waals surface area (Å²) in [7, 11) is 0. The van der Waals surface area contributed by atoms with Gasteiger partial charge in [-0.25, -0.2) is 0 Å². The Labute approximate surface area is 128 Å². The van der Waals surface area contributed by atoms with Gasteiger partial charge in [0.15, 0.2) is 0 Å². The number of hydrogen-bond acceptors (Lipinski definition) is 3. The molecule has 1 aliphatic carbocycles. The lowest BCUT2D eigenvalue weighted by molar-refractivity contribution is -0.122. The Hall–Kier alpha value is -0.320. The zero-order valence-corrected chi connectivity index (χ0v) is 13.1. The van der Waals surface area contributed by atoms with Gasteiger partial charge in [0.1, 0.15) is 0 Å². The number of carbonyl (C=O) groups excluding carboxylic acids is 1. The molecule has 118 valence electrons. The molecule has 2 fully saturated rings. The van der Waals surface area contributed by atoms with Crippen molar-refractivity contribution in [2.45, 2.75) is 51.4 Å². The van der Waals surface area contributed by atoms with Gasteiger partial charge < -0.3 is 15.7 Å². The van der Waals surface area contributed by atoms with Gasteiger partial charge in [0.25, 0.3) is 0 Å². The number of aliphatic hydroxyl groups is 1. The van der Waals surface area contributed by atoms with Gasteiger partial charge in [0.2, 0.25) is 5.91 Å². The van der Waals surface area contributed by atoms with Crippen LogP contribution in [0.4, 0.5) is 0 Å². The Morgan fingerprint density at radius 3 is 2.70 bits per heavy atom. The SMILES string of the molecule is Cl.O=C(CCC1CCNC1)NCC1(CCO)CCCC1. The van der Waals surface area contributed by atoms with Crippen molar-refractivity contribution in [3.63, 3.8) is 0 Å². The number of aliphatic hydroxyl groups excluding tert-OH is 1. The maximum atomic E-state index is 11.9. The molecule has 3 N–H and O–H groups in total. The smallest absolute Gasteiger partial charge is 0.220 e. The van der Waals surface area contributed by atoms with Crippen LogP contribution in [0, 0.1) is 11.3 Å². The Bertz CT molecular complexity index is 288. The monoisotopic (exact) mass is 304 g/mol. The highest BCUT2D eigenvalue weighted by molar-refractivity contribution is 5.85. The highest BCUT2D eigenvalue weighted by Crippen LogP contribution is 2.40. The fraction of sp³-hybridized carbons (Fsp3) is 0.933. The van der Waals surface area contributed by atoms with Crippen molar-refractivity contribution < 1.29 is 9.90 Å². The van der Waals surface area contributed by atoms with E-state index in [2.05, 4.69) is 10.6 Å². The van der Waals surface area contributed by atoms with E-state index in [0.29, 0.717) is 12.3 Å². The average Bonchev–Trinajstić information content (AvgIpc) is 3.06. The van der Waals surface area contributed by atoms with Crippen LogP contribution >= 0.6 is 12.4 Å². The average molecular weight is 305 g/mol. The molecular weight excluding hydrogens is 276 g/mol. The first kappa shape index (κ1) is 17.7. The van der Waals surface area contributed by atoms with Gasteiger partial charge in [-0.1, -0.05) is 12.8 Å². The van der Waals surface area contributed by atoms with Crippen LogP contribution in [0.25, 0.3) is 0 Å². The van der Waals surface area contributed by atoms with Crippen molar-refractivity contribution in [1.82, 2.24) is 10.6 Å². The van der Waals surface area contributed by atoms with E-state index in [1.165, 1.54) is 19.3 Å². The van der Waals surface area contributed by atoms with Crippen molar-refractivity contribution in [2.75, 3.05) is 26.2 Å². The molecule has 5 heteroatoms. The normalized spacial score (nSPS) is 24.4. The Kier molecular flexibility index (Phi) is 7.85. The minimum absolute atomic E-state index is 0. The quantitative estimate of drug-likeness (QED) is 0.673. The van der Waals surface area contributed by atoms with E-state index in [1.807, 2.05) is 0 Å². The fourth-order valence-corrected chi connectivity index (χ4v) is 3.55. The number of halogens is 1. The molecule has 1 amide bonds. The van der Waals surface area contributed by atoms with Gasteiger partial charge in [0, 0.05) is 19.6 Å². The first-order valence-corrected chi connectivity index (χ1v) is 7.82. The molecule has 1 saturated carbocycles. The molecule has 1 unspecified atom stereocenters. The second kappa shape index (κ2) is 8.85. The summed E-state index contributed by atoms with van der Waals surface area (Å²) in [6.45, 7) is 3.17. The van der Waals surface area contributed by atoms with Crippen LogP contribution in [0.3, 0.4) is 0 Å². The third-order valence-corrected chi connectivity index (χ3v) is 4.91. The van der Waals surface area contributed by atoms with Crippen LogP contribution < -0.4 is 10.6 Å². The number of carbonyl (C=O) groups is 1. The molecule has 1 aliphatic heterocycles. The molecule has 20 heavy (non-hydrogen) atoms. The molecule has 1 atom stereocenters. The largest absolute Gasteiger partial charge is 0.396 e. The molecule has 1 saturated heterocycles. The molecule has 0 aromatic carbocycles. The predicted octanol–water partition coefficient (Wildman–Crippen LogP) is 1.86. The lowest BCUT2D eigenvalue weighted by Gasteiger charge is -2.28. The molecule has 0 aromatic heterocycles. The zero-order valence-electron chi connectivity index (χ0n) is 12.3. The number of amides is 1. The van der Waals surface area contributed by atoms with Crippen LogP contribution in [0.2, 0.25) is 0 Å². The fourth-order valence-electron chi connectivity index (χ4n) is 3.55. The van der Waals surface area contributed by atoms with Crippen LogP contribution in [0.5, 0.6) is 0 Å². The second-order valence-electron chi connectivity index (χ2n) is 6.35. The molecule has 2 rings (SSSR count). The Balaban J connectivity index is 0.00000200. The summed E-state index contributed by atoms with van der Waals surface area (Å²) in [5, 5.41) is 15.6. The first-order valence-electron chi connectivity index (χ1n) is 7.82. The molecule has 4 nitrogen and oxygen atoms in total. The zero-order chi connectivity index (χ0) is 13.6. The summed E-state index contributed by atoms with van der Waals surface area (Å²) in [5.74, 6) is 0.875. The van der Waals surface area contributed by atoms with Crippen LogP contribution in [0.1, 0.15) is 51.4 Å². The third kappa shape index (κ3) is 5.23. The molecule has 0 bridgehead atoms. The standard InChI is InChI=1S/C15H28N2O2.ClH/c18-10-8-15(6-1-2-7-15)12-17-14(19)4-3-13-5-9-16-11-13;/h13,16,18H,1-12H2,(H,17,19);1H. The summed E-state index contributed by atoms with van der Waals surface area (Å²) in [6.07, 6.45) is 8.49. The molecule has 2 aliphatic rings. The van der Waals surface area contributed by atoms with Gasteiger partial charge in [-0.3, -0.25) is 4.79 Å². The maximum Gasteiger partial charge on any atom is 0.220 e. The van der Waals surface area contributed by atoms with E-state index in [-0.39, 0.29) is 30.3 Å². The molecule has 1 heterocycles. The second-order valence-corrected chi connectivity index (χ2v) is 6.35. The molecule has 0 spiro atoms. The van der Waals surface area contributed by atoms with E-state index < -0.39 is 0 Å². The minimum Gasteiger partial charge on any atom is -0.396 e. The van der Waals surface area contributed by atoms with Crippen LogP contribution in [0.15, 0.2) is 0 Å². The lowest BCUT2D eigenvalue weighted by Crippen LogP contribution is -2.36. The number of rotatable bonds is 7. The lowest BCUT2D eigenvalue weighted by atomic mass is 9.83. The summed E-state index contributed by atoms with van der Waals surface area (Å²) in [5.41, 5.74) is 0.180. The van der Waals surface area contributed by atoms with Gasteiger partial charge in [-0.15, -0.1) is 12.4 Å². The summed E-state index contributed by atoms with van der Waals surface area (Å²) < 4.78 is 0. The van der Waals surface area contributed by atoms with Crippen molar-refractivity contribution in [2.24, 2.45) is 11.3 Å². The van der Waals surface area contributed by atoms with Crippen LogP contribution in [-0.2, 0) is 4.79 Å². The predicted molar refractivity (Wildman–Crippen MR) is 83.1 cm³/mol. The summed E-state index contributed by atoms with van der Waals surface area (Å²) >= 11 is 0. The van der Waals surface area contributed by atoms with Gasteiger partial charge in [-0.2, -0.15) is 0 Å². The van der Waals surface area contributed by atoms with E-state index in [4.69, 9.17) is 0 Å². The van der Waals surface area contributed by atoms with Crippen molar-refractivity contribution in [3.8, 4) is 0 Å². The summed E-state index contributed by atoms with van der Waals surface area (Å²) in [4.78, 5) is 11.9. The van der Waals surface area contributed by atoms with Crippen LogP contribution in [-0.4, -0.2) is 37.3 Å². The van der Waals surface area contributed by atoms with Gasteiger partial charge in [-0.05, 0) is 56.5 Å².